The van der Waals surface area contributed by atoms with Crippen molar-refractivity contribution in [3.05, 3.63) is 0 Å². The van der Waals surface area contributed by atoms with Crippen molar-refractivity contribution < 1.29 is 10.2 Å². The monoisotopic (exact) mass is 362 g/mol. The van der Waals surface area contributed by atoms with Gasteiger partial charge in [-0.25, -0.2) is 0 Å². The predicted molar refractivity (Wildman–Crippen MR) is 113 cm³/mol. The van der Waals surface area contributed by atoms with E-state index in [2.05, 4.69) is 51.4 Å². The summed E-state index contributed by atoms with van der Waals surface area (Å²) in [7, 11) is 0. The van der Waals surface area contributed by atoms with Crippen molar-refractivity contribution >= 4 is 0 Å². The van der Waals surface area contributed by atoms with Crippen LogP contribution >= 0.6 is 0 Å². The molecule has 26 heavy (non-hydrogen) atoms. The molecule has 0 rings (SSSR count). The summed E-state index contributed by atoms with van der Waals surface area (Å²) in [6, 6.07) is 0. The molecule has 150 valence electrons. The summed E-state index contributed by atoms with van der Waals surface area (Å²) in [5, 5.41) is 20.8. The van der Waals surface area contributed by atoms with Crippen molar-refractivity contribution in [3.8, 4) is 23.7 Å². The van der Waals surface area contributed by atoms with Crippen molar-refractivity contribution in [2.45, 2.75) is 117 Å². The molecule has 0 saturated heterocycles. The average Bonchev–Trinajstić information content (AvgIpc) is 2.50. The number of hydrogen-bond donors (Lipinski definition) is 2. The van der Waals surface area contributed by atoms with E-state index in [9.17, 15) is 10.2 Å². The fourth-order valence-corrected chi connectivity index (χ4v) is 3.27. The van der Waals surface area contributed by atoms with Crippen LogP contribution in [0.4, 0.5) is 0 Å². The number of hydrogen-bond acceptors (Lipinski definition) is 2. The minimum absolute atomic E-state index is 0.375. The molecule has 0 aromatic heterocycles. The van der Waals surface area contributed by atoms with Gasteiger partial charge in [0.05, 0.1) is 0 Å². The second-order valence-corrected chi connectivity index (χ2v) is 8.76. The Bertz CT molecular complexity index is 480. The zero-order valence-electron chi connectivity index (χ0n) is 18.1. The third kappa shape index (κ3) is 15.3. The molecule has 2 nitrogen and oxygen atoms in total. The Hall–Kier alpha value is -0.960. The van der Waals surface area contributed by atoms with E-state index in [0.717, 1.165) is 19.3 Å². The molecule has 0 aliphatic rings. The summed E-state index contributed by atoms with van der Waals surface area (Å²) in [5.74, 6) is 13.1. The van der Waals surface area contributed by atoms with E-state index in [1.807, 2.05) is 0 Å². The molecule has 2 heteroatoms. The summed E-state index contributed by atoms with van der Waals surface area (Å²) in [4.78, 5) is 0. The quantitative estimate of drug-likeness (QED) is 0.365. The van der Waals surface area contributed by atoms with Crippen LogP contribution in [0.1, 0.15) is 106 Å². The topological polar surface area (TPSA) is 40.5 Å². The Morgan fingerprint density at radius 1 is 0.769 bits per heavy atom. The summed E-state index contributed by atoms with van der Waals surface area (Å²) in [6.07, 6.45) is 10.4. The Morgan fingerprint density at radius 3 is 1.85 bits per heavy atom. The molecule has 0 aromatic rings. The molecule has 0 heterocycles. The molecule has 3 atom stereocenters. The standard InChI is InChI=1S/C24H42O2/c1-7-8-9-10-11-12-13-14-15-16-22(4)20-24(6,26)18-17-23(5,25)19-21(2)3/h21-22,25-26H,7-9,12-16,19-20H2,1-6H3. The first kappa shape index (κ1) is 25.0. The molecule has 0 aliphatic carbocycles. The van der Waals surface area contributed by atoms with Crippen LogP contribution in [0.5, 0.6) is 0 Å². The van der Waals surface area contributed by atoms with E-state index >= 15 is 0 Å². The lowest BCUT2D eigenvalue weighted by atomic mass is 9.88. The van der Waals surface area contributed by atoms with Crippen LogP contribution in [0, 0.1) is 35.5 Å². The molecule has 2 N–H and O–H groups in total. The molecule has 0 radical (unpaired) electrons. The van der Waals surface area contributed by atoms with Crippen LogP contribution in [-0.4, -0.2) is 21.4 Å². The smallest absolute Gasteiger partial charge is 0.123 e. The van der Waals surface area contributed by atoms with Gasteiger partial charge >= 0.3 is 0 Å². The van der Waals surface area contributed by atoms with Crippen molar-refractivity contribution in [1.82, 2.24) is 0 Å². The van der Waals surface area contributed by atoms with E-state index in [-0.39, 0.29) is 0 Å². The third-order valence-electron chi connectivity index (χ3n) is 4.43. The molecule has 0 aliphatic heterocycles. The van der Waals surface area contributed by atoms with Gasteiger partial charge in [-0.2, -0.15) is 0 Å². The first-order valence-corrected chi connectivity index (χ1v) is 10.5. The predicted octanol–water partition coefficient (Wildman–Crippen LogP) is 5.71. The largest absolute Gasteiger partial charge is 0.378 e. The van der Waals surface area contributed by atoms with Crippen LogP contribution < -0.4 is 0 Å². The maximum atomic E-state index is 10.5. The second kappa shape index (κ2) is 13.2. The minimum atomic E-state index is -1.04. The van der Waals surface area contributed by atoms with Gasteiger partial charge in [0.1, 0.15) is 11.2 Å². The minimum Gasteiger partial charge on any atom is -0.378 e. The highest BCUT2D eigenvalue weighted by Gasteiger charge is 2.23. The van der Waals surface area contributed by atoms with E-state index in [0.29, 0.717) is 24.7 Å². The fourth-order valence-electron chi connectivity index (χ4n) is 3.27. The van der Waals surface area contributed by atoms with Crippen LogP contribution in [0.2, 0.25) is 0 Å². The van der Waals surface area contributed by atoms with Crippen LogP contribution in [0.25, 0.3) is 0 Å². The zero-order valence-corrected chi connectivity index (χ0v) is 18.1. The van der Waals surface area contributed by atoms with Gasteiger partial charge < -0.3 is 10.2 Å². The van der Waals surface area contributed by atoms with Crippen molar-refractivity contribution in [2.24, 2.45) is 11.8 Å². The maximum absolute atomic E-state index is 10.5. The lowest BCUT2D eigenvalue weighted by Crippen LogP contribution is -2.28. The first-order chi connectivity index (χ1) is 12.1. The van der Waals surface area contributed by atoms with Gasteiger partial charge in [0.2, 0.25) is 0 Å². The zero-order chi connectivity index (χ0) is 20.1. The molecular weight excluding hydrogens is 320 g/mol. The Labute approximate surface area is 163 Å². The highest BCUT2D eigenvalue weighted by molar-refractivity contribution is 5.19. The Kier molecular flexibility index (Phi) is 12.8. The fraction of sp³-hybridized carbons (Fsp3) is 0.833. The van der Waals surface area contributed by atoms with Crippen molar-refractivity contribution in [2.75, 3.05) is 0 Å². The lowest BCUT2D eigenvalue weighted by molar-refractivity contribution is 0.0832. The molecule has 0 fully saturated rings. The van der Waals surface area contributed by atoms with E-state index in [1.165, 1.54) is 32.1 Å². The third-order valence-corrected chi connectivity index (χ3v) is 4.43. The van der Waals surface area contributed by atoms with Gasteiger partial charge in [0.25, 0.3) is 0 Å². The van der Waals surface area contributed by atoms with E-state index < -0.39 is 11.2 Å². The number of aliphatic hydroxyl groups is 2. The van der Waals surface area contributed by atoms with Gasteiger partial charge in [-0.3, -0.25) is 0 Å². The molecule has 3 unspecified atom stereocenters. The molecule has 0 aromatic carbocycles. The van der Waals surface area contributed by atoms with Crippen molar-refractivity contribution in [1.29, 1.82) is 0 Å². The van der Waals surface area contributed by atoms with Gasteiger partial charge in [0, 0.05) is 12.8 Å². The molecule has 0 spiro atoms. The van der Waals surface area contributed by atoms with Gasteiger partial charge in [-0.05, 0) is 51.4 Å². The van der Waals surface area contributed by atoms with Crippen molar-refractivity contribution in [3.63, 3.8) is 0 Å². The van der Waals surface area contributed by atoms with E-state index in [1.54, 1.807) is 13.8 Å². The van der Waals surface area contributed by atoms with Gasteiger partial charge in [-0.1, -0.05) is 65.2 Å². The number of rotatable bonds is 11. The summed E-state index contributed by atoms with van der Waals surface area (Å²) >= 11 is 0. The summed E-state index contributed by atoms with van der Waals surface area (Å²) in [6.45, 7) is 12.0. The molecule has 0 amide bonds. The lowest BCUT2D eigenvalue weighted by Gasteiger charge is -2.23. The normalized spacial score (nSPS) is 16.7. The first-order valence-electron chi connectivity index (χ1n) is 10.5. The summed E-state index contributed by atoms with van der Waals surface area (Å²) < 4.78 is 0. The van der Waals surface area contributed by atoms with E-state index in [4.69, 9.17) is 0 Å². The molecule has 0 saturated carbocycles. The van der Waals surface area contributed by atoms with Crippen LogP contribution in [-0.2, 0) is 0 Å². The highest BCUT2D eigenvalue weighted by atomic mass is 16.3. The maximum Gasteiger partial charge on any atom is 0.123 e. The Morgan fingerprint density at radius 2 is 1.31 bits per heavy atom. The van der Waals surface area contributed by atoms with Gasteiger partial charge in [-0.15, -0.1) is 11.8 Å². The SMILES string of the molecule is CCCCC#CCCCCCC(C)CC(C)(O)C#CC(C)(O)CC(C)C. The highest BCUT2D eigenvalue weighted by Crippen LogP contribution is 2.22. The Balaban J connectivity index is 4.10. The molecule has 0 bridgehead atoms. The number of unbranched alkanes of at least 4 members (excludes halogenated alkanes) is 5. The summed E-state index contributed by atoms with van der Waals surface area (Å²) in [5.41, 5.74) is -2.06. The van der Waals surface area contributed by atoms with Crippen LogP contribution in [0.15, 0.2) is 0 Å². The average molecular weight is 363 g/mol. The van der Waals surface area contributed by atoms with Crippen LogP contribution in [0.3, 0.4) is 0 Å². The second-order valence-electron chi connectivity index (χ2n) is 8.76. The molecular formula is C24H42O2. The van der Waals surface area contributed by atoms with Gasteiger partial charge in [0.15, 0.2) is 0 Å².